The number of nitrogens with zero attached hydrogens (tertiary/aromatic N) is 2. The number of methoxy groups -OCH3 is 1. The molecule has 2 rings (SSSR count). The first-order chi connectivity index (χ1) is 10.6. The molecule has 0 fully saturated rings. The predicted molar refractivity (Wildman–Crippen MR) is 83.0 cm³/mol. The second-order valence-corrected chi connectivity index (χ2v) is 8.71. The number of halogens is 1. The zero-order chi connectivity index (χ0) is 17.4. The Hall–Kier alpha value is -1.91. The Labute approximate surface area is 138 Å². The largest absolute Gasteiger partial charge is 0.495 e. The fourth-order valence-electron chi connectivity index (χ4n) is 1.73. The van der Waals surface area contributed by atoms with Crippen molar-refractivity contribution < 1.29 is 21.6 Å². The normalized spacial score (nSPS) is 12.1. The summed E-state index contributed by atoms with van der Waals surface area (Å²) in [6.07, 6.45) is 1.73. The molecule has 0 spiro atoms. The molecule has 0 amide bonds. The van der Waals surface area contributed by atoms with Crippen molar-refractivity contribution in [2.45, 2.75) is 14.9 Å². The van der Waals surface area contributed by atoms with Gasteiger partial charge in [0.1, 0.15) is 21.4 Å². The number of nitrogens with two attached hydrogens (primary N) is 1. The van der Waals surface area contributed by atoms with Crippen LogP contribution >= 0.6 is 11.6 Å². The number of aromatic nitrogens is 2. The van der Waals surface area contributed by atoms with Gasteiger partial charge < -0.3 is 10.5 Å². The van der Waals surface area contributed by atoms with E-state index >= 15 is 0 Å². The SMILES string of the molecule is COc1ccc(Cl)cc1S(=O)(=O)c1cnc(S(C)(=O)=O)nc1N. The van der Waals surface area contributed by atoms with Crippen LogP contribution in [0.15, 0.2) is 39.3 Å². The molecule has 0 aliphatic rings. The molecule has 8 nitrogen and oxygen atoms in total. The lowest BCUT2D eigenvalue weighted by atomic mass is 10.3. The zero-order valence-electron chi connectivity index (χ0n) is 12.0. The van der Waals surface area contributed by atoms with Gasteiger partial charge in [-0.05, 0) is 18.2 Å². The average Bonchev–Trinajstić information content (AvgIpc) is 2.45. The Bertz CT molecular complexity index is 974. The van der Waals surface area contributed by atoms with Crippen LogP contribution in [0.5, 0.6) is 5.75 Å². The quantitative estimate of drug-likeness (QED) is 0.779. The highest BCUT2D eigenvalue weighted by atomic mass is 35.5. The van der Waals surface area contributed by atoms with E-state index in [1.54, 1.807) is 0 Å². The zero-order valence-corrected chi connectivity index (χ0v) is 14.4. The molecule has 0 radical (unpaired) electrons. The molecule has 2 aromatic rings. The van der Waals surface area contributed by atoms with Gasteiger partial charge in [0.2, 0.25) is 24.8 Å². The van der Waals surface area contributed by atoms with E-state index in [2.05, 4.69) is 9.97 Å². The summed E-state index contributed by atoms with van der Waals surface area (Å²) in [6, 6.07) is 4.04. The second kappa shape index (κ2) is 5.95. The maximum Gasteiger partial charge on any atom is 0.248 e. The van der Waals surface area contributed by atoms with Gasteiger partial charge in [0.25, 0.3) is 0 Å². The van der Waals surface area contributed by atoms with Gasteiger partial charge in [0.05, 0.1) is 13.3 Å². The summed E-state index contributed by atoms with van der Waals surface area (Å²) in [5.41, 5.74) is 5.60. The van der Waals surface area contributed by atoms with E-state index in [1.165, 1.54) is 25.3 Å². The summed E-state index contributed by atoms with van der Waals surface area (Å²) in [5.74, 6) is -0.427. The van der Waals surface area contributed by atoms with Crippen LogP contribution in [-0.2, 0) is 19.7 Å². The molecule has 0 bridgehead atoms. The van der Waals surface area contributed by atoms with Crippen LogP contribution in [0.2, 0.25) is 5.02 Å². The minimum absolute atomic E-state index is 0.0565. The van der Waals surface area contributed by atoms with Crippen LogP contribution in [0.1, 0.15) is 0 Å². The Kier molecular flexibility index (Phi) is 4.51. The van der Waals surface area contributed by atoms with Gasteiger partial charge >= 0.3 is 0 Å². The van der Waals surface area contributed by atoms with E-state index in [1.807, 2.05) is 0 Å². The molecular weight excluding hydrogens is 366 g/mol. The van der Waals surface area contributed by atoms with Crippen molar-refractivity contribution >= 4 is 37.1 Å². The molecule has 0 saturated carbocycles. The Morgan fingerprint density at radius 3 is 2.35 bits per heavy atom. The molecule has 23 heavy (non-hydrogen) atoms. The van der Waals surface area contributed by atoms with Crippen LogP contribution in [0.4, 0.5) is 5.82 Å². The smallest absolute Gasteiger partial charge is 0.248 e. The van der Waals surface area contributed by atoms with Crippen LogP contribution < -0.4 is 10.5 Å². The summed E-state index contributed by atoms with van der Waals surface area (Å²) < 4.78 is 53.2. The third-order valence-electron chi connectivity index (χ3n) is 2.80. The van der Waals surface area contributed by atoms with Crippen LogP contribution in [0, 0.1) is 0 Å². The van der Waals surface area contributed by atoms with Crippen molar-refractivity contribution in [3.8, 4) is 5.75 Å². The topological polar surface area (TPSA) is 129 Å². The lowest BCUT2D eigenvalue weighted by Gasteiger charge is -2.11. The molecular formula is C12H12ClN3O5S2. The molecule has 0 aliphatic carbocycles. The van der Waals surface area contributed by atoms with Gasteiger partial charge in [-0.15, -0.1) is 0 Å². The van der Waals surface area contributed by atoms with Gasteiger partial charge in [-0.25, -0.2) is 21.8 Å². The summed E-state index contributed by atoms with van der Waals surface area (Å²) in [4.78, 5) is 6.42. The number of benzene rings is 1. The number of hydrogen-bond acceptors (Lipinski definition) is 8. The number of hydrogen-bond donors (Lipinski definition) is 1. The van der Waals surface area contributed by atoms with Crippen LogP contribution in [0.25, 0.3) is 0 Å². The molecule has 1 aromatic carbocycles. The van der Waals surface area contributed by atoms with Crippen molar-refractivity contribution in [1.29, 1.82) is 0 Å². The average molecular weight is 378 g/mol. The van der Waals surface area contributed by atoms with Gasteiger partial charge in [-0.2, -0.15) is 4.98 Å². The standard InChI is InChI=1S/C12H12ClN3O5S2/c1-21-8-4-3-7(13)5-9(8)23(19,20)10-6-15-12(16-11(10)14)22(2,17)18/h3-6H,1-2H3,(H2,14,15,16). The van der Waals surface area contributed by atoms with E-state index in [-0.39, 0.29) is 15.7 Å². The van der Waals surface area contributed by atoms with Crippen molar-refractivity contribution in [2.24, 2.45) is 0 Å². The van der Waals surface area contributed by atoms with Crippen molar-refractivity contribution in [2.75, 3.05) is 19.1 Å². The van der Waals surface area contributed by atoms with E-state index in [9.17, 15) is 16.8 Å². The lowest BCUT2D eigenvalue weighted by molar-refractivity contribution is 0.402. The predicted octanol–water partition coefficient (Wildman–Crippen LogP) is 0.957. The number of ether oxygens (including phenoxy) is 1. The van der Waals surface area contributed by atoms with Crippen molar-refractivity contribution in [1.82, 2.24) is 9.97 Å². The summed E-state index contributed by atoms with van der Waals surface area (Å²) in [5, 5.41) is -0.386. The molecule has 0 atom stereocenters. The highest BCUT2D eigenvalue weighted by Crippen LogP contribution is 2.33. The first kappa shape index (κ1) is 17.4. The summed E-state index contributed by atoms with van der Waals surface area (Å²) in [6.45, 7) is 0. The van der Waals surface area contributed by atoms with Crippen molar-refractivity contribution in [3.05, 3.63) is 29.4 Å². The van der Waals surface area contributed by atoms with Crippen LogP contribution in [0.3, 0.4) is 0 Å². The van der Waals surface area contributed by atoms with Gasteiger partial charge in [0.15, 0.2) is 0 Å². The Balaban J connectivity index is 2.68. The number of anilines is 1. The first-order valence-electron chi connectivity index (χ1n) is 5.98. The monoisotopic (exact) mass is 377 g/mol. The van der Waals surface area contributed by atoms with E-state index in [0.29, 0.717) is 0 Å². The summed E-state index contributed by atoms with van der Waals surface area (Å²) >= 11 is 5.83. The van der Waals surface area contributed by atoms with E-state index in [0.717, 1.165) is 12.5 Å². The molecule has 11 heteroatoms. The molecule has 1 heterocycles. The number of nitrogen functional groups attached to an aromatic ring is 1. The van der Waals surface area contributed by atoms with E-state index < -0.39 is 35.5 Å². The highest BCUT2D eigenvalue weighted by Gasteiger charge is 2.27. The fraction of sp³-hybridized carbons (Fsp3) is 0.167. The molecule has 124 valence electrons. The molecule has 0 saturated heterocycles. The minimum atomic E-state index is -4.15. The lowest BCUT2D eigenvalue weighted by Crippen LogP contribution is -2.13. The molecule has 2 N–H and O–H groups in total. The second-order valence-electron chi connectivity index (χ2n) is 4.47. The Morgan fingerprint density at radius 2 is 1.83 bits per heavy atom. The minimum Gasteiger partial charge on any atom is -0.495 e. The summed E-state index contributed by atoms with van der Waals surface area (Å²) in [7, 11) is -6.57. The van der Waals surface area contributed by atoms with Gasteiger partial charge in [-0.3, -0.25) is 0 Å². The number of sulfone groups is 2. The van der Waals surface area contributed by atoms with E-state index in [4.69, 9.17) is 22.1 Å². The molecule has 1 aromatic heterocycles. The van der Waals surface area contributed by atoms with Crippen molar-refractivity contribution in [3.63, 3.8) is 0 Å². The number of rotatable bonds is 4. The third-order valence-corrected chi connectivity index (χ3v) is 5.68. The Morgan fingerprint density at radius 1 is 1.17 bits per heavy atom. The fourth-order valence-corrected chi connectivity index (χ4v) is 3.92. The first-order valence-corrected chi connectivity index (χ1v) is 9.74. The maximum atomic E-state index is 12.7. The molecule has 0 unspecified atom stereocenters. The maximum absolute atomic E-state index is 12.7. The molecule has 0 aliphatic heterocycles. The highest BCUT2D eigenvalue weighted by molar-refractivity contribution is 7.92. The van der Waals surface area contributed by atoms with Gasteiger partial charge in [0, 0.05) is 11.3 Å². The van der Waals surface area contributed by atoms with Gasteiger partial charge in [-0.1, -0.05) is 11.6 Å². The third kappa shape index (κ3) is 3.38. The van der Waals surface area contributed by atoms with Crippen LogP contribution in [-0.4, -0.2) is 40.2 Å².